The normalized spacial score (nSPS) is 11.6. The van der Waals surface area contributed by atoms with Crippen LogP contribution >= 0.6 is 27.5 Å². The highest BCUT2D eigenvalue weighted by Crippen LogP contribution is 2.22. The second kappa shape index (κ2) is 7.61. The van der Waals surface area contributed by atoms with Crippen molar-refractivity contribution >= 4 is 44.6 Å². The molecule has 0 aliphatic rings. The zero-order chi connectivity index (χ0) is 20.7. The average molecular weight is 470 g/mol. The molecule has 0 bridgehead atoms. The van der Waals surface area contributed by atoms with Gasteiger partial charge in [-0.3, -0.25) is 4.79 Å². The third kappa shape index (κ3) is 3.66. The highest BCUT2D eigenvalue weighted by molar-refractivity contribution is 9.10. The minimum Gasteiger partial charge on any atom is -0.318 e. The Kier molecular flexibility index (Phi) is 5.15. The first-order chi connectivity index (χ1) is 13.8. The number of hydrogen-bond donors (Lipinski definition) is 0. The molecule has 0 unspecified atom stereocenters. The molecule has 146 valence electrons. The Morgan fingerprint density at radius 1 is 1.10 bits per heavy atom. The van der Waals surface area contributed by atoms with Crippen LogP contribution in [0.15, 0.2) is 62.9 Å². The van der Waals surface area contributed by atoms with Crippen molar-refractivity contribution < 1.29 is 0 Å². The summed E-state index contributed by atoms with van der Waals surface area (Å²) in [4.78, 5) is 17.4. The van der Waals surface area contributed by atoms with E-state index in [9.17, 15) is 4.79 Å². The number of fused-ring (bicyclic) bond motifs is 1. The summed E-state index contributed by atoms with van der Waals surface area (Å²) in [5.41, 5.74) is 4.42. The van der Waals surface area contributed by atoms with Crippen LogP contribution in [0.2, 0.25) is 5.02 Å². The molecule has 0 aliphatic carbocycles. The summed E-state index contributed by atoms with van der Waals surface area (Å²) in [5.74, 6) is 0.532. The number of rotatable bonds is 3. The van der Waals surface area contributed by atoms with Gasteiger partial charge in [0.25, 0.3) is 5.56 Å². The molecule has 0 saturated heterocycles. The van der Waals surface area contributed by atoms with Gasteiger partial charge in [0.15, 0.2) is 0 Å². The molecule has 7 heteroatoms. The molecule has 0 saturated carbocycles. The molecular weight excluding hydrogens is 452 g/mol. The van der Waals surface area contributed by atoms with E-state index in [2.05, 4.69) is 30.6 Å². The van der Waals surface area contributed by atoms with Gasteiger partial charge < -0.3 is 4.57 Å². The van der Waals surface area contributed by atoms with Crippen molar-refractivity contribution in [2.45, 2.75) is 20.8 Å². The van der Waals surface area contributed by atoms with Crippen LogP contribution in [0.3, 0.4) is 0 Å². The van der Waals surface area contributed by atoms with Crippen molar-refractivity contribution in [3.8, 4) is 5.69 Å². The molecule has 0 atom stereocenters. The topological polar surface area (TPSA) is 52.2 Å². The molecule has 2 aromatic carbocycles. The van der Waals surface area contributed by atoms with Crippen molar-refractivity contribution in [1.82, 2.24) is 14.2 Å². The lowest BCUT2D eigenvalue weighted by molar-refractivity contribution is 0.770. The molecular formula is C22H18BrClN4O. The number of halogens is 2. The second-order valence-electron chi connectivity index (χ2n) is 6.82. The first kappa shape index (κ1) is 19.6. The quantitative estimate of drug-likeness (QED) is 0.377. The Morgan fingerprint density at radius 3 is 2.66 bits per heavy atom. The monoisotopic (exact) mass is 468 g/mol. The van der Waals surface area contributed by atoms with E-state index >= 15 is 0 Å². The maximum atomic E-state index is 12.9. The predicted molar refractivity (Wildman–Crippen MR) is 122 cm³/mol. The Morgan fingerprint density at radius 2 is 1.90 bits per heavy atom. The molecule has 0 N–H and O–H groups in total. The van der Waals surface area contributed by atoms with E-state index in [0.29, 0.717) is 21.7 Å². The summed E-state index contributed by atoms with van der Waals surface area (Å²) >= 11 is 9.56. The Hall–Kier alpha value is -2.70. The van der Waals surface area contributed by atoms with Crippen LogP contribution in [-0.4, -0.2) is 20.4 Å². The molecule has 4 aromatic rings. The molecule has 0 radical (unpaired) electrons. The zero-order valence-electron chi connectivity index (χ0n) is 16.1. The number of aromatic nitrogens is 3. The molecule has 0 fully saturated rings. The second-order valence-corrected chi connectivity index (χ2v) is 8.18. The van der Waals surface area contributed by atoms with E-state index in [0.717, 1.165) is 27.1 Å². The fourth-order valence-corrected chi connectivity index (χ4v) is 3.99. The third-order valence-corrected chi connectivity index (χ3v) is 5.55. The summed E-state index contributed by atoms with van der Waals surface area (Å²) < 4.78 is 4.27. The molecule has 0 aliphatic heterocycles. The number of hydrogen-bond acceptors (Lipinski definition) is 3. The van der Waals surface area contributed by atoms with E-state index in [1.807, 2.05) is 56.3 Å². The summed E-state index contributed by atoms with van der Waals surface area (Å²) in [6, 6.07) is 15.2. The van der Waals surface area contributed by atoms with Gasteiger partial charge in [-0.2, -0.15) is 9.78 Å². The number of benzene rings is 2. The van der Waals surface area contributed by atoms with Crippen LogP contribution in [0.1, 0.15) is 22.8 Å². The van der Waals surface area contributed by atoms with Crippen LogP contribution in [-0.2, 0) is 0 Å². The summed E-state index contributed by atoms with van der Waals surface area (Å²) in [5, 5.41) is 5.65. The third-order valence-electron chi connectivity index (χ3n) is 4.82. The van der Waals surface area contributed by atoms with Crippen molar-refractivity contribution in [1.29, 1.82) is 0 Å². The maximum Gasteiger partial charge on any atom is 0.282 e. The molecule has 5 nitrogen and oxygen atoms in total. The van der Waals surface area contributed by atoms with Crippen molar-refractivity contribution in [3.63, 3.8) is 0 Å². The van der Waals surface area contributed by atoms with Crippen LogP contribution in [0.5, 0.6) is 0 Å². The van der Waals surface area contributed by atoms with Crippen LogP contribution in [0, 0.1) is 20.8 Å². The fraction of sp³-hybridized carbons (Fsp3) is 0.136. The van der Waals surface area contributed by atoms with Gasteiger partial charge in [-0.1, -0.05) is 33.6 Å². The van der Waals surface area contributed by atoms with E-state index in [4.69, 9.17) is 11.6 Å². The van der Waals surface area contributed by atoms with Gasteiger partial charge in [0.1, 0.15) is 5.82 Å². The van der Waals surface area contributed by atoms with E-state index < -0.39 is 0 Å². The lowest BCUT2D eigenvalue weighted by Crippen LogP contribution is -2.20. The number of aryl methyl sites for hydroxylation is 2. The lowest BCUT2D eigenvalue weighted by Gasteiger charge is -2.10. The highest BCUT2D eigenvalue weighted by Gasteiger charge is 2.11. The molecule has 2 heterocycles. The SMILES string of the molecule is Cc1cc(C=Nn2c(C)nc3ccc(Br)cc3c2=O)c(C)n1-c1cccc(Cl)c1. The average Bonchev–Trinajstić information content (AvgIpc) is 2.96. The maximum absolute atomic E-state index is 12.9. The van der Waals surface area contributed by atoms with Crippen LogP contribution in [0.25, 0.3) is 16.6 Å². The van der Waals surface area contributed by atoms with E-state index in [1.54, 1.807) is 19.2 Å². The first-order valence-electron chi connectivity index (χ1n) is 9.03. The van der Waals surface area contributed by atoms with Gasteiger partial charge in [0.05, 0.1) is 17.1 Å². The first-order valence-corrected chi connectivity index (χ1v) is 10.2. The Labute approximate surface area is 181 Å². The summed E-state index contributed by atoms with van der Waals surface area (Å²) in [7, 11) is 0. The van der Waals surface area contributed by atoms with Crippen molar-refractivity contribution in [3.05, 3.63) is 91.2 Å². The van der Waals surface area contributed by atoms with Gasteiger partial charge >= 0.3 is 0 Å². The Balaban J connectivity index is 1.79. The van der Waals surface area contributed by atoms with Gasteiger partial charge in [-0.15, -0.1) is 0 Å². The zero-order valence-corrected chi connectivity index (χ0v) is 18.5. The van der Waals surface area contributed by atoms with Gasteiger partial charge in [-0.25, -0.2) is 4.98 Å². The van der Waals surface area contributed by atoms with Crippen LogP contribution in [0.4, 0.5) is 0 Å². The minimum absolute atomic E-state index is 0.200. The number of nitrogens with zero attached hydrogens (tertiary/aromatic N) is 4. The molecule has 0 amide bonds. The van der Waals surface area contributed by atoms with E-state index in [1.165, 1.54) is 4.68 Å². The molecule has 0 spiro atoms. The van der Waals surface area contributed by atoms with Gasteiger partial charge in [0, 0.05) is 32.1 Å². The van der Waals surface area contributed by atoms with Crippen molar-refractivity contribution in [2.24, 2.45) is 5.10 Å². The molecule has 4 rings (SSSR count). The molecule has 29 heavy (non-hydrogen) atoms. The highest BCUT2D eigenvalue weighted by atomic mass is 79.9. The lowest BCUT2D eigenvalue weighted by atomic mass is 10.2. The van der Waals surface area contributed by atoms with E-state index in [-0.39, 0.29) is 5.56 Å². The minimum atomic E-state index is -0.200. The summed E-state index contributed by atoms with van der Waals surface area (Å²) in [6.45, 7) is 5.81. The predicted octanol–water partition coefficient (Wildman–Crippen LogP) is 5.41. The van der Waals surface area contributed by atoms with Crippen LogP contribution < -0.4 is 5.56 Å². The largest absolute Gasteiger partial charge is 0.318 e. The fourth-order valence-electron chi connectivity index (χ4n) is 3.45. The van der Waals surface area contributed by atoms with Gasteiger partial charge in [0.2, 0.25) is 0 Å². The summed E-state index contributed by atoms with van der Waals surface area (Å²) in [6.07, 6.45) is 1.70. The molecule has 2 aromatic heterocycles. The van der Waals surface area contributed by atoms with Crippen molar-refractivity contribution in [2.75, 3.05) is 0 Å². The standard InChI is InChI=1S/C22H18BrClN4O/c1-13-9-16(14(2)27(13)19-6-4-5-18(24)11-19)12-25-28-15(3)26-21-8-7-17(23)10-20(21)22(28)29/h4-12H,1-3H3. The van der Waals surface area contributed by atoms with Gasteiger partial charge in [-0.05, 0) is 63.2 Å². The smallest absolute Gasteiger partial charge is 0.282 e. The Bertz CT molecular complexity index is 1340.